The monoisotopic (exact) mass is 364 g/mol. The molecule has 1 fully saturated rings. The van der Waals surface area contributed by atoms with Crippen molar-refractivity contribution in [1.29, 1.82) is 0 Å². The Morgan fingerprint density at radius 3 is 2.42 bits per heavy atom. The largest absolute Gasteiger partial charge is 0.478 e. The van der Waals surface area contributed by atoms with Crippen molar-refractivity contribution in [3.05, 3.63) is 33.4 Å². The predicted molar refractivity (Wildman–Crippen MR) is 95.7 cm³/mol. The standard InChI is InChI=1S/C18H24N2O6/c1-5-11(10-6-7-10)14-13(20(24)25)9-8-12(16(21)22)15(14)19-17(23)26-18(2,3)4/h8-11H,5-7H2,1-4H3,(H,19,23)(H,21,22). The lowest BCUT2D eigenvalue weighted by atomic mass is 9.87. The molecule has 2 N–H and O–H groups in total. The highest BCUT2D eigenvalue weighted by Crippen LogP contribution is 2.50. The molecular formula is C18H24N2O6. The Balaban J connectivity index is 2.60. The Kier molecular flexibility index (Phi) is 5.53. The molecule has 1 unspecified atom stereocenters. The van der Waals surface area contributed by atoms with Crippen molar-refractivity contribution in [2.75, 3.05) is 5.32 Å². The number of ether oxygens (including phenoxy) is 1. The SMILES string of the molecule is CCC(c1c([N+](=O)[O-])ccc(C(=O)O)c1NC(=O)OC(C)(C)C)C1CC1. The highest BCUT2D eigenvalue weighted by atomic mass is 16.6. The summed E-state index contributed by atoms with van der Waals surface area (Å²) in [5.74, 6) is -1.21. The van der Waals surface area contributed by atoms with Gasteiger partial charge in [0, 0.05) is 6.07 Å². The first kappa shape index (κ1) is 19.7. The topological polar surface area (TPSA) is 119 Å². The highest BCUT2D eigenvalue weighted by molar-refractivity contribution is 6.01. The molecule has 8 heteroatoms. The first-order valence-corrected chi connectivity index (χ1v) is 8.59. The summed E-state index contributed by atoms with van der Waals surface area (Å²) in [7, 11) is 0. The van der Waals surface area contributed by atoms with E-state index in [0.717, 1.165) is 18.9 Å². The summed E-state index contributed by atoms with van der Waals surface area (Å²) in [6.45, 7) is 6.94. The zero-order valence-electron chi connectivity index (χ0n) is 15.4. The van der Waals surface area contributed by atoms with Gasteiger partial charge < -0.3 is 9.84 Å². The second-order valence-electron chi connectivity index (χ2n) is 7.46. The third-order valence-electron chi connectivity index (χ3n) is 4.28. The van der Waals surface area contributed by atoms with Gasteiger partial charge in [0.2, 0.25) is 0 Å². The van der Waals surface area contributed by atoms with Crippen LogP contribution in [0.5, 0.6) is 0 Å². The number of aromatic carboxylic acids is 1. The summed E-state index contributed by atoms with van der Waals surface area (Å²) < 4.78 is 5.21. The average Bonchev–Trinajstić information content (AvgIpc) is 3.31. The van der Waals surface area contributed by atoms with Gasteiger partial charge in [-0.1, -0.05) is 6.92 Å². The number of nitrogens with one attached hydrogen (secondary N) is 1. The number of nitro groups is 1. The molecule has 142 valence electrons. The van der Waals surface area contributed by atoms with Gasteiger partial charge in [0.25, 0.3) is 5.69 Å². The van der Waals surface area contributed by atoms with Gasteiger partial charge in [-0.05, 0) is 57.9 Å². The molecule has 0 bridgehead atoms. The summed E-state index contributed by atoms with van der Waals surface area (Å²) >= 11 is 0. The molecule has 1 aliphatic carbocycles. The molecule has 1 aliphatic rings. The quantitative estimate of drug-likeness (QED) is 0.565. The maximum Gasteiger partial charge on any atom is 0.412 e. The summed E-state index contributed by atoms with van der Waals surface area (Å²) in [4.78, 5) is 34.9. The van der Waals surface area contributed by atoms with Gasteiger partial charge in [0.15, 0.2) is 0 Å². The number of rotatable bonds is 6. The summed E-state index contributed by atoms with van der Waals surface area (Å²) in [5.41, 5.74) is -0.921. The molecule has 8 nitrogen and oxygen atoms in total. The zero-order valence-corrected chi connectivity index (χ0v) is 15.4. The van der Waals surface area contributed by atoms with E-state index in [-0.39, 0.29) is 34.3 Å². The molecule has 0 radical (unpaired) electrons. The lowest BCUT2D eigenvalue weighted by molar-refractivity contribution is -0.385. The lowest BCUT2D eigenvalue weighted by Gasteiger charge is -2.23. The van der Waals surface area contributed by atoms with Crippen LogP contribution in [0.25, 0.3) is 0 Å². The predicted octanol–water partition coefficient (Wildman–Crippen LogP) is 4.54. The maximum atomic E-state index is 12.2. The number of hydrogen-bond acceptors (Lipinski definition) is 5. The summed E-state index contributed by atoms with van der Waals surface area (Å²) in [5, 5.41) is 23.5. The zero-order chi connectivity index (χ0) is 19.6. The first-order valence-electron chi connectivity index (χ1n) is 8.59. The van der Waals surface area contributed by atoms with Crippen molar-refractivity contribution < 1.29 is 24.4 Å². The number of carboxylic acid groups (broad SMARTS) is 1. The van der Waals surface area contributed by atoms with Crippen LogP contribution in [0.4, 0.5) is 16.2 Å². The van der Waals surface area contributed by atoms with Gasteiger partial charge >= 0.3 is 12.1 Å². The van der Waals surface area contributed by atoms with E-state index in [4.69, 9.17) is 4.74 Å². The minimum atomic E-state index is -1.27. The number of carbonyl (C=O) groups excluding carboxylic acids is 1. The molecule has 1 atom stereocenters. The van der Waals surface area contributed by atoms with E-state index in [0.29, 0.717) is 6.42 Å². The number of anilines is 1. The molecule has 2 rings (SSSR count). The average molecular weight is 364 g/mol. The van der Waals surface area contributed by atoms with Gasteiger partial charge in [-0.3, -0.25) is 15.4 Å². The van der Waals surface area contributed by atoms with Crippen LogP contribution in [-0.4, -0.2) is 27.7 Å². The van der Waals surface area contributed by atoms with Crippen LogP contribution >= 0.6 is 0 Å². The van der Waals surface area contributed by atoms with E-state index in [2.05, 4.69) is 5.32 Å². The van der Waals surface area contributed by atoms with Crippen LogP contribution in [0.3, 0.4) is 0 Å². The first-order chi connectivity index (χ1) is 12.0. The molecule has 0 spiro atoms. The smallest absolute Gasteiger partial charge is 0.412 e. The minimum Gasteiger partial charge on any atom is -0.478 e. The van der Waals surface area contributed by atoms with Crippen molar-refractivity contribution >= 4 is 23.4 Å². The highest BCUT2D eigenvalue weighted by Gasteiger charge is 2.38. The van der Waals surface area contributed by atoms with Crippen molar-refractivity contribution in [1.82, 2.24) is 0 Å². The molecule has 0 aliphatic heterocycles. The fourth-order valence-electron chi connectivity index (χ4n) is 3.13. The van der Waals surface area contributed by atoms with Crippen LogP contribution in [0.2, 0.25) is 0 Å². The fraction of sp³-hybridized carbons (Fsp3) is 0.556. The van der Waals surface area contributed by atoms with E-state index >= 15 is 0 Å². The Labute approximate surface area is 151 Å². The Morgan fingerprint density at radius 2 is 2.00 bits per heavy atom. The Morgan fingerprint density at radius 1 is 1.38 bits per heavy atom. The van der Waals surface area contributed by atoms with Crippen LogP contribution in [0, 0.1) is 16.0 Å². The molecule has 1 saturated carbocycles. The van der Waals surface area contributed by atoms with E-state index in [1.165, 1.54) is 6.07 Å². The normalized spacial score (nSPS) is 15.2. The number of nitro benzene ring substituents is 1. The van der Waals surface area contributed by atoms with E-state index in [1.54, 1.807) is 20.8 Å². The number of nitrogens with zero attached hydrogens (tertiary/aromatic N) is 1. The van der Waals surface area contributed by atoms with E-state index in [1.807, 2.05) is 6.92 Å². The summed E-state index contributed by atoms with van der Waals surface area (Å²) in [6.07, 6.45) is 1.63. The van der Waals surface area contributed by atoms with Gasteiger partial charge in [-0.25, -0.2) is 9.59 Å². The fourth-order valence-corrected chi connectivity index (χ4v) is 3.13. The van der Waals surface area contributed by atoms with Crippen LogP contribution < -0.4 is 5.32 Å². The van der Waals surface area contributed by atoms with Crippen LogP contribution in [-0.2, 0) is 4.74 Å². The Hall–Kier alpha value is -2.64. The number of hydrogen-bond donors (Lipinski definition) is 2. The van der Waals surface area contributed by atoms with Gasteiger partial charge in [-0.2, -0.15) is 0 Å². The second-order valence-corrected chi connectivity index (χ2v) is 7.46. The molecule has 0 saturated heterocycles. The molecule has 0 heterocycles. The number of carbonyl (C=O) groups is 2. The molecule has 1 amide bonds. The van der Waals surface area contributed by atoms with Gasteiger partial charge in [0.1, 0.15) is 5.60 Å². The third kappa shape index (κ3) is 4.50. The molecule has 1 aromatic rings. The molecular weight excluding hydrogens is 340 g/mol. The van der Waals surface area contributed by atoms with Crippen molar-refractivity contribution in [3.63, 3.8) is 0 Å². The number of amides is 1. The summed E-state index contributed by atoms with van der Waals surface area (Å²) in [6, 6.07) is 2.35. The lowest BCUT2D eigenvalue weighted by Crippen LogP contribution is -2.28. The number of benzene rings is 1. The van der Waals surface area contributed by atoms with Gasteiger partial charge in [-0.15, -0.1) is 0 Å². The van der Waals surface area contributed by atoms with Crippen LogP contribution in [0.1, 0.15) is 68.8 Å². The third-order valence-corrected chi connectivity index (χ3v) is 4.28. The van der Waals surface area contributed by atoms with Crippen molar-refractivity contribution in [2.24, 2.45) is 5.92 Å². The molecule has 26 heavy (non-hydrogen) atoms. The van der Waals surface area contributed by atoms with E-state index in [9.17, 15) is 24.8 Å². The van der Waals surface area contributed by atoms with Gasteiger partial charge in [0.05, 0.1) is 21.7 Å². The maximum absolute atomic E-state index is 12.2. The van der Waals surface area contributed by atoms with Crippen molar-refractivity contribution in [3.8, 4) is 0 Å². The number of carboxylic acids is 1. The minimum absolute atomic E-state index is 0.0419. The molecule has 0 aromatic heterocycles. The van der Waals surface area contributed by atoms with Crippen molar-refractivity contribution in [2.45, 2.75) is 58.5 Å². The van der Waals surface area contributed by atoms with Crippen LogP contribution in [0.15, 0.2) is 12.1 Å². The second kappa shape index (κ2) is 7.31. The molecule has 1 aromatic carbocycles. The Bertz CT molecular complexity index is 734. The van der Waals surface area contributed by atoms with E-state index < -0.39 is 22.6 Å².